The van der Waals surface area contributed by atoms with Gasteiger partial charge in [-0.25, -0.2) is 0 Å². The van der Waals surface area contributed by atoms with Crippen molar-refractivity contribution in [3.8, 4) is 29.0 Å². The molecule has 2 heterocycles. The van der Waals surface area contributed by atoms with E-state index in [1.54, 1.807) is 0 Å². The van der Waals surface area contributed by atoms with E-state index in [2.05, 4.69) is 16.3 Å². The molecule has 1 aliphatic carbocycles. The van der Waals surface area contributed by atoms with Crippen LogP contribution in [-0.2, 0) is 0 Å². The number of nitrogens with zero attached hydrogens (tertiary/aromatic N) is 2. The molecule has 1 aliphatic heterocycles. The molecule has 5 rings (SSSR count). The monoisotopic (exact) mass is 398 g/mol. The summed E-state index contributed by atoms with van der Waals surface area (Å²) in [6.45, 7) is 0. The van der Waals surface area contributed by atoms with Crippen LogP contribution in [0, 0.1) is 11.3 Å². The zero-order valence-corrected chi connectivity index (χ0v) is 16.5. The molecule has 0 amide bonds. The third-order valence-corrected chi connectivity index (χ3v) is 5.80. The van der Waals surface area contributed by atoms with Gasteiger partial charge >= 0.3 is 0 Å². The van der Waals surface area contributed by atoms with Crippen LogP contribution in [0.2, 0.25) is 0 Å². The maximum Gasteiger partial charge on any atom is 0.244 e. The number of rotatable bonds is 4. The minimum atomic E-state index is -0.389. The fraction of sp³-hybridized carbons (Fsp3) is 0.250. The molecule has 1 saturated carbocycles. The number of fused-ring (bicyclic) bond motifs is 1. The van der Waals surface area contributed by atoms with Crippen LogP contribution in [0.4, 0.5) is 0 Å². The number of hydrogen-bond donors (Lipinski definition) is 2. The first-order valence-corrected chi connectivity index (χ1v) is 10.2. The van der Waals surface area contributed by atoms with E-state index >= 15 is 0 Å². The van der Waals surface area contributed by atoms with E-state index in [0.717, 1.165) is 41.0 Å². The zero-order valence-electron chi connectivity index (χ0n) is 16.5. The summed E-state index contributed by atoms with van der Waals surface area (Å²) in [5.74, 6) is 0.911. The highest BCUT2D eigenvalue weighted by Gasteiger charge is 2.35. The first-order valence-electron chi connectivity index (χ1n) is 10.2. The van der Waals surface area contributed by atoms with Gasteiger partial charge in [0, 0.05) is 0 Å². The molecule has 0 saturated heterocycles. The third kappa shape index (κ3) is 3.18. The number of ether oxygens (including phenoxy) is 2. The molecular weight excluding hydrogens is 376 g/mol. The molecule has 150 valence electrons. The maximum absolute atomic E-state index is 9.89. The Labute approximate surface area is 174 Å². The summed E-state index contributed by atoms with van der Waals surface area (Å²) in [5.41, 5.74) is 9.99. The van der Waals surface area contributed by atoms with E-state index in [4.69, 9.17) is 15.2 Å². The summed E-state index contributed by atoms with van der Waals surface area (Å²) in [4.78, 5) is 0. The van der Waals surface area contributed by atoms with Crippen molar-refractivity contribution in [3.05, 3.63) is 77.2 Å². The van der Waals surface area contributed by atoms with E-state index in [1.807, 2.05) is 54.6 Å². The molecule has 0 radical (unpaired) electrons. The van der Waals surface area contributed by atoms with Crippen LogP contribution < -0.4 is 15.2 Å². The van der Waals surface area contributed by atoms with Crippen molar-refractivity contribution >= 4 is 0 Å². The van der Waals surface area contributed by atoms with Crippen LogP contribution in [0.15, 0.2) is 66.1 Å². The van der Waals surface area contributed by atoms with Gasteiger partial charge in [-0.2, -0.15) is 5.26 Å². The van der Waals surface area contributed by atoms with Gasteiger partial charge < -0.3 is 15.2 Å². The van der Waals surface area contributed by atoms with Gasteiger partial charge in [0.15, 0.2) is 0 Å². The summed E-state index contributed by atoms with van der Waals surface area (Å²) in [6, 6.07) is 20.1. The summed E-state index contributed by atoms with van der Waals surface area (Å²) >= 11 is 0. The standard InChI is InChI=1S/C24H22N4O2/c25-14-19-20(16-9-6-12-18(13-16)29-17-10-4-5-11-17)21-22(15-7-2-1-3-8-15)27-28-24(21)30-23(19)26/h1-3,6-9,12-13,17,20H,4-5,10-11,26H2,(H,27,28)/t20-/m1/s1. The average molecular weight is 398 g/mol. The lowest BCUT2D eigenvalue weighted by atomic mass is 9.83. The molecule has 6 nitrogen and oxygen atoms in total. The Morgan fingerprint density at radius 1 is 1.10 bits per heavy atom. The minimum absolute atomic E-state index is 0.0863. The summed E-state index contributed by atoms with van der Waals surface area (Å²) < 4.78 is 11.9. The van der Waals surface area contributed by atoms with Gasteiger partial charge in [0.25, 0.3) is 0 Å². The SMILES string of the molecule is N#CC1=C(N)Oc2n[nH]c(-c3ccccc3)c2[C@@H]1c1cccc(OC2CCCC2)c1. The Kier molecular flexibility index (Phi) is 4.64. The highest BCUT2D eigenvalue weighted by Crippen LogP contribution is 2.46. The number of benzene rings is 2. The lowest BCUT2D eigenvalue weighted by Crippen LogP contribution is -2.21. The van der Waals surface area contributed by atoms with Gasteiger partial charge in [0.2, 0.25) is 11.8 Å². The molecule has 0 bridgehead atoms. The van der Waals surface area contributed by atoms with Gasteiger partial charge in [-0.05, 0) is 48.9 Å². The van der Waals surface area contributed by atoms with Gasteiger partial charge in [0.1, 0.15) is 17.4 Å². The maximum atomic E-state index is 9.89. The van der Waals surface area contributed by atoms with Gasteiger partial charge in [-0.1, -0.05) is 42.5 Å². The van der Waals surface area contributed by atoms with E-state index < -0.39 is 0 Å². The predicted octanol–water partition coefficient (Wildman–Crippen LogP) is 4.62. The van der Waals surface area contributed by atoms with Crippen molar-refractivity contribution in [1.82, 2.24) is 10.2 Å². The second-order valence-electron chi connectivity index (χ2n) is 7.71. The first-order chi connectivity index (χ1) is 14.7. The van der Waals surface area contributed by atoms with Crippen molar-refractivity contribution in [3.63, 3.8) is 0 Å². The van der Waals surface area contributed by atoms with Crippen molar-refractivity contribution < 1.29 is 9.47 Å². The smallest absolute Gasteiger partial charge is 0.244 e. The van der Waals surface area contributed by atoms with Crippen molar-refractivity contribution in [2.75, 3.05) is 0 Å². The van der Waals surface area contributed by atoms with Gasteiger partial charge in [-0.3, -0.25) is 5.10 Å². The molecule has 1 aromatic heterocycles. The average Bonchev–Trinajstić information content (AvgIpc) is 3.43. The highest BCUT2D eigenvalue weighted by molar-refractivity contribution is 5.70. The summed E-state index contributed by atoms with van der Waals surface area (Å²) in [6.07, 6.45) is 4.85. The second-order valence-corrected chi connectivity index (χ2v) is 7.71. The third-order valence-electron chi connectivity index (χ3n) is 5.80. The quantitative estimate of drug-likeness (QED) is 0.668. The Morgan fingerprint density at radius 3 is 2.67 bits per heavy atom. The van der Waals surface area contributed by atoms with Gasteiger partial charge in [0.05, 0.1) is 23.3 Å². The Balaban J connectivity index is 1.61. The molecule has 3 N–H and O–H groups in total. The Morgan fingerprint density at radius 2 is 1.90 bits per heavy atom. The van der Waals surface area contributed by atoms with Crippen LogP contribution in [0.1, 0.15) is 42.7 Å². The number of nitrogens with two attached hydrogens (primary N) is 1. The molecule has 30 heavy (non-hydrogen) atoms. The lowest BCUT2D eigenvalue weighted by Gasteiger charge is -2.24. The number of aromatic amines is 1. The molecular formula is C24H22N4O2. The fourth-order valence-corrected chi connectivity index (χ4v) is 4.37. The Bertz CT molecular complexity index is 1140. The van der Waals surface area contributed by atoms with Crippen molar-refractivity contribution in [2.24, 2.45) is 5.73 Å². The van der Waals surface area contributed by atoms with E-state index in [9.17, 15) is 5.26 Å². The van der Waals surface area contributed by atoms with E-state index in [1.165, 1.54) is 12.8 Å². The molecule has 0 spiro atoms. The van der Waals surface area contributed by atoms with Crippen LogP contribution in [0.25, 0.3) is 11.3 Å². The fourth-order valence-electron chi connectivity index (χ4n) is 4.37. The van der Waals surface area contributed by atoms with Crippen molar-refractivity contribution in [2.45, 2.75) is 37.7 Å². The topological polar surface area (TPSA) is 97.0 Å². The van der Waals surface area contributed by atoms with E-state index in [0.29, 0.717) is 11.5 Å². The second kappa shape index (κ2) is 7.60. The molecule has 1 atom stereocenters. The Hall–Kier alpha value is -3.72. The number of allylic oxidation sites excluding steroid dienone is 1. The van der Waals surface area contributed by atoms with Crippen LogP contribution >= 0.6 is 0 Å². The normalized spacial score (nSPS) is 18.6. The number of nitrogens with one attached hydrogen (secondary N) is 1. The molecule has 1 fully saturated rings. The first kappa shape index (κ1) is 18.3. The number of nitriles is 1. The predicted molar refractivity (Wildman–Crippen MR) is 113 cm³/mol. The van der Waals surface area contributed by atoms with Gasteiger partial charge in [-0.15, -0.1) is 5.10 Å². The summed E-state index contributed by atoms with van der Waals surface area (Å²) in [7, 11) is 0. The van der Waals surface area contributed by atoms with Crippen LogP contribution in [0.3, 0.4) is 0 Å². The largest absolute Gasteiger partial charge is 0.490 e. The van der Waals surface area contributed by atoms with Crippen LogP contribution in [-0.4, -0.2) is 16.3 Å². The molecule has 2 aromatic carbocycles. The number of hydrogen-bond acceptors (Lipinski definition) is 5. The zero-order chi connectivity index (χ0) is 20.5. The van der Waals surface area contributed by atoms with Crippen molar-refractivity contribution in [1.29, 1.82) is 5.26 Å². The lowest BCUT2D eigenvalue weighted by molar-refractivity contribution is 0.210. The number of aromatic nitrogens is 2. The number of H-pyrrole nitrogens is 1. The minimum Gasteiger partial charge on any atom is -0.490 e. The highest BCUT2D eigenvalue weighted by atomic mass is 16.5. The molecule has 6 heteroatoms. The summed E-state index contributed by atoms with van der Waals surface area (Å²) in [5, 5.41) is 17.3. The molecule has 3 aromatic rings. The molecule has 2 aliphatic rings. The van der Waals surface area contributed by atoms with E-state index in [-0.39, 0.29) is 17.9 Å². The molecule has 0 unspecified atom stereocenters. The van der Waals surface area contributed by atoms with Crippen LogP contribution in [0.5, 0.6) is 11.6 Å².